The van der Waals surface area contributed by atoms with Gasteiger partial charge in [-0.05, 0) is 0 Å². The SMILES string of the molecule is NC(=S)c1cn[nH]c1NC(=O)c1c[nH]ccc1=O. The van der Waals surface area contributed by atoms with Crippen LogP contribution >= 0.6 is 12.2 Å². The molecule has 2 aromatic heterocycles. The standard InChI is InChI=1S/C10H9N5O2S/c11-8(18)6-4-13-15-9(6)14-10(17)5-3-12-2-1-7(5)16/h1-4H,(H2,11,18)(H,12,16)(H2,13,14,15,17). The van der Waals surface area contributed by atoms with Crippen molar-refractivity contribution in [1.29, 1.82) is 0 Å². The molecule has 0 radical (unpaired) electrons. The van der Waals surface area contributed by atoms with Crippen molar-refractivity contribution in [2.75, 3.05) is 5.32 Å². The van der Waals surface area contributed by atoms with Crippen LogP contribution in [0.1, 0.15) is 15.9 Å². The first-order chi connectivity index (χ1) is 8.59. The van der Waals surface area contributed by atoms with Crippen molar-refractivity contribution in [3.05, 3.63) is 46.0 Å². The molecule has 2 heterocycles. The summed E-state index contributed by atoms with van der Waals surface area (Å²) in [4.78, 5) is 26.1. The van der Waals surface area contributed by atoms with Crippen LogP contribution in [0.2, 0.25) is 0 Å². The molecule has 1 amide bonds. The minimum Gasteiger partial charge on any atom is -0.389 e. The van der Waals surface area contributed by atoms with E-state index in [-0.39, 0.29) is 21.8 Å². The van der Waals surface area contributed by atoms with E-state index in [1.807, 2.05) is 0 Å². The number of aromatic amines is 2. The van der Waals surface area contributed by atoms with E-state index < -0.39 is 5.91 Å². The van der Waals surface area contributed by atoms with Gasteiger partial charge in [0.2, 0.25) is 0 Å². The van der Waals surface area contributed by atoms with Crippen LogP contribution in [0.25, 0.3) is 0 Å². The molecule has 8 heteroatoms. The summed E-state index contributed by atoms with van der Waals surface area (Å²) in [5.74, 6) is -0.311. The number of pyridine rings is 1. The molecule has 0 bridgehead atoms. The van der Waals surface area contributed by atoms with E-state index in [1.54, 1.807) is 0 Å². The molecule has 0 saturated carbocycles. The van der Waals surface area contributed by atoms with E-state index in [0.717, 1.165) is 0 Å². The predicted molar refractivity (Wildman–Crippen MR) is 69.5 cm³/mol. The maximum absolute atomic E-state index is 11.8. The van der Waals surface area contributed by atoms with Crippen LogP contribution < -0.4 is 16.5 Å². The summed E-state index contributed by atoms with van der Waals surface area (Å²) >= 11 is 4.80. The molecule has 0 aliphatic rings. The van der Waals surface area contributed by atoms with E-state index in [1.165, 1.54) is 24.7 Å². The average molecular weight is 263 g/mol. The lowest BCUT2D eigenvalue weighted by atomic mass is 10.2. The minimum absolute atomic E-state index is 0.0130. The highest BCUT2D eigenvalue weighted by atomic mass is 32.1. The van der Waals surface area contributed by atoms with Crippen LogP contribution in [0.4, 0.5) is 5.82 Å². The number of carbonyl (C=O) groups is 1. The Morgan fingerprint density at radius 2 is 2.22 bits per heavy atom. The van der Waals surface area contributed by atoms with Gasteiger partial charge in [0.1, 0.15) is 16.4 Å². The van der Waals surface area contributed by atoms with Gasteiger partial charge >= 0.3 is 0 Å². The number of nitrogens with zero attached hydrogens (tertiary/aromatic N) is 1. The van der Waals surface area contributed by atoms with Crippen molar-refractivity contribution in [3.63, 3.8) is 0 Å². The number of nitrogens with two attached hydrogens (primary N) is 1. The van der Waals surface area contributed by atoms with Gasteiger partial charge in [0.25, 0.3) is 5.91 Å². The molecule has 2 aromatic rings. The van der Waals surface area contributed by atoms with Crippen molar-refractivity contribution in [2.45, 2.75) is 0 Å². The summed E-state index contributed by atoms with van der Waals surface area (Å²) in [6.45, 7) is 0. The third kappa shape index (κ3) is 2.28. The lowest BCUT2D eigenvalue weighted by Crippen LogP contribution is -2.22. The second-order valence-electron chi connectivity index (χ2n) is 3.40. The molecule has 0 unspecified atom stereocenters. The van der Waals surface area contributed by atoms with Crippen molar-refractivity contribution < 1.29 is 4.79 Å². The van der Waals surface area contributed by atoms with Crippen molar-refractivity contribution >= 4 is 28.9 Å². The number of aromatic nitrogens is 3. The summed E-state index contributed by atoms with van der Waals surface area (Å²) < 4.78 is 0. The Labute approximate surface area is 106 Å². The minimum atomic E-state index is -0.571. The van der Waals surface area contributed by atoms with E-state index in [0.29, 0.717) is 5.56 Å². The molecule has 7 nitrogen and oxygen atoms in total. The number of hydrogen-bond donors (Lipinski definition) is 4. The molecular weight excluding hydrogens is 254 g/mol. The normalized spacial score (nSPS) is 10.0. The van der Waals surface area contributed by atoms with Gasteiger partial charge in [-0.15, -0.1) is 0 Å². The maximum atomic E-state index is 11.8. The number of carbonyl (C=O) groups excluding carboxylic acids is 1. The van der Waals surface area contributed by atoms with Gasteiger partial charge in [0.05, 0.1) is 11.8 Å². The van der Waals surface area contributed by atoms with Crippen LogP contribution in [0, 0.1) is 0 Å². The van der Waals surface area contributed by atoms with E-state index in [2.05, 4.69) is 20.5 Å². The number of thiocarbonyl (C=S) groups is 1. The van der Waals surface area contributed by atoms with Crippen LogP contribution in [0.5, 0.6) is 0 Å². The average Bonchev–Trinajstić information content (AvgIpc) is 2.77. The van der Waals surface area contributed by atoms with Gasteiger partial charge in [0.15, 0.2) is 5.43 Å². The molecule has 5 N–H and O–H groups in total. The molecular formula is C10H9N5O2S. The number of H-pyrrole nitrogens is 2. The van der Waals surface area contributed by atoms with E-state index in [9.17, 15) is 9.59 Å². The molecule has 2 rings (SSSR count). The molecule has 0 saturated heterocycles. The Hall–Kier alpha value is -2.48. The number of nitrogens with one attached hydrogen (secondary N) is 3. The topological polar surface area (TPSA) is 117 Å². The Bertz CT molecular complexity index is 660. The lowest BCUT2D eigenvalue weighted by molar-refractivity contribution is 0.102. The monoisotopic (exact) mass is 263 g/mol. The summed E-state index contributed by atoms with van der Waals surface area (Å²) in [5.41, 5.74) is 5.46. The third-order valence-electron chi connectivity index (χ3n) is 2.21. The summed E-state index contributed by atoms with van der Waals surface area (Å²) in [5, 5.41) is 8.75. The molecule has 0 atom stereocenters. The highest BCUT2D eigenvalue weighted by molar-refractivity contribution is 7.80. The summed E-state index contributed by atoms with van der Waals surface area (Å²) in [7, 11) is 0. The quantitative estimate of drug-likeness (QED) is 0.581. The highest BCUT2D eigenvalue weighted by Crippen LogP contribution is 2.11. The van der Waals surface area contributed by atoms with Gasteiger partial charge in [-0.3, -0.25) is 14.7 Å². The number of anilines is 1. The fraction of sp³-hybridized carbons (Fsp3) is 0. The van der Waals surface area contributed by atoms with E-state index >= 15 is 0 Å². The van der Waals surface area contributed by atoms with Gasteiger partial charge < -0.3 is 16.0 Å². The van der Waals surface area contributed by atoms with E-state index in [4.69, 9.17) is 18.0 Å². The van der Waals surface area contributed by atoms with Crippen molar-refractivity contribution in [1.82, 2.24) is 15.2 Å². The van der Waals surface area contributed by atoms with Gasteiger partial charge in [0, 0.05) is 18.5 Å². The molecule has 0 aliphatic heterocycles. The van der Waals surface area contributed by atoms with Crippen LogP contribution in [0.15, 0.2) is 29.5 Å². The second-order valence-corrected chi connectivity index (χ2v) is 3.84. The molecule has 0 aromatic carbocycles. The molecule has 18 heavy (non-hydrogen) atoms. The fourth-order valence-electron chi connectivity index (χ4n) is 1.34. The Kier molecular flexibility index (Phi) is 3.20. The van der Waals surface area contributed by atoms with Gasteiger partial charge in [-0.1, -0.05) is 12.2 Å². The predicted octanol–water partition coefficient (Wildman–Crippen LogP) is -0.0155. The van der Waals surface area contributed by atoms with Crippen LogP contribution in [-0.2, 0) is 0 Å². The Balaban J connectivity index is 2.28. The molecule has 92 valence electrons. The molecule has 0 fully saturated rings. The lowest BCUT2D eigenvalue weighted by Gasteiger charge is -2.03. The maximum Gasteiger partial charge on any atom is 0.262 e. The number of amides is 1. The first-order valence-corrected chi connectivity index (χ1v) is 5.32. The largest absolute Gasteiger partial charge is 0.389 e. The van der Waals surface area contributed by atoms with Crippen molar-refractivity contribution in [2.24, 2.45) is 5.73 Å². The first kappa shape index (κ1) is 12.0. The summed E-state index contributed by atoms with van der Waals surface area (Å²) in [6, 6.07) is 1.26. The highest BCUT2D eigenvalue weighted by Gasteiger charge is 2.14. The Morgan fingerprint density at radius 1 is 1.44 bits per heavy atom. The first-order valence-electron chi connectivity index (χ1n) is 4.91. The molecule has 0 spiro atoms. The molecule has 0 aliphatic carbocycles. The van der Waals surface area contributed by atoms with Gasteiger partial charge in [-0.2, -0.15) is 5.10 Å². The van der Waals surface area contributed by atoms with Crippen LogP contribution in [-0.4, -0.2) is 26.1 Å². The second kappa shape index (κ2) is 4.80. The Morgan fingerprint density at radius 3 is 2.89 bits per heavy atom. The number of hydrogen-bond acceptors (Lipinski definition) is 4. The van der Waals surface area contributed by atoms with Gasteiger partial charge in [-0.25, -0.2) is 0 Å². The number of rotatable bonds is 3. The zero-order chi connectivity index (χ0) is 13.1. The fourth-order valence-corrected chi connectivity index (χ4v) is 1.50. The van der Waals surface area contributed by atoms with Crippen molar-refractivity contribution in [3.8, 4) is 0 Å². The third-order valence-corrected chi connectivity index (χ3v) is 2.43. The smallest absolute Gasteiger partial charge is 0.262 e. The zero-order valence-electron chi connectivity index (χ0n) is 9.06. The summed E-state index contributed by atoms with van der Waals surface area (Å²) in [6.07, 6.45) is 4.15. The zero-order valence-corrected chi connectivity index (χ0v) is 9.88. The van der Waals surface area contributed by atoms with Crippen LogP contribution in [0.3, 0.4) is 0 Å².